The van der Waals surface area contributed by atoms with E-state index in [0.717, 1.165) is 39.1 Å². The van der Waals surface area contributed by atoms with Gasteiger partial charge in [-0.05, 0) is 64.4 Å². The van der Waals surface area contributed by atoms with Crippen LogP contribution in [-0.4, -0.2) is 16.7 Å². The van der Waals surface area contributed by atoms with Crippen LogP contribution in [0, 0.1) is 19.0 Å². The predicted molar refractivity (Wildman–Crippen MR) is 174 cm³/mol. The fourth-order valence-electron chi connectivity index (χ4n) is 5.59. The second-order valence-corrected chi connectivity index (χ2v) is 10.6. The molecule has 0 saturated carbocycles. The minimum Gasteiger partial charge on any atom is -0.503 e. The molecule has 1 radical (unpaired) electrons. The van der Waals surface area contributed by atoms with Crippen molar-refractivity contribution in [3.05, 3.63) is 139 Å². The van der Waals surface area contributed by atoms with Crippen molar-refractivity contribution < 1.29 is 35.1 Å². The predicted octanol–water partition coefficient (Wildman–Crippen LogP) is 7.25. The summed E-state index contributed by atoms with van der Waals surface area (Å²) >= 11 is 0. The van der Waals surface area contributed by atoms with Crippen molar-refractivity contribution in [2.24, 2.45) is 0 Å². The molecule has 6 aromatic rings. The minimum absolute atomic E-state index is 0. The summed E-state index contributed by atoms with van der Waals surface area (Å²) in [5, 5.41) is 0. The summed E-state index contributed by atoms with van der Waals surface area (Å²) in [7, 11) is 0. The third-order valence-corrected chi connectivity index (χ3v) is 7.61. The third kappa shape index (κ3) is 5.48. The topological polar surface area (TPSA) is 44.2 Å². The van der Waals surface area contributed by atoms with E-state index >= 15 is 0 Å². The van der Waals surface area contributed by atoms with Crippen molar-refractivity contribution in [1.29, 1.82) is 0 Å². The number of aromatic nitrogens is 2. The maximum Gasteiger partial charge on any atom is 0.239 e. The van der Waals surface area contributed by atoms with Gasteiger partial charge in [0.15, 0.2) is 0 Å². The molecule has 2 aromatic heterocycles. The van der Waals surface area contributed by atoms with Crippen molar-refractivity contribution in [3.8, 4) is 45.5 Å². The maximum atomic E-state index is 8.58. The van der Waals surface area contributed by atoms with E-state index in [4.69, 9.17) is 15.0 Å². The quantitative estimate of drug-likeness (QED) is 0.141. The first-order valence-corrected chi connectivity index (χ1v) is 14.1. The molecule has 2 aliphatic heterocycles. The summed E-state index contributed by atoms with van der Waals surface area (Å²) in [6.45, 7) is 0.896. The largest absolute Gasteiger partial charge is 0.503 e. The van der Waals surface area contributed by atoms with Crippen molar-refractivity contribution in [3.63, 3.8) is 0 Å². The van der Waals surface area contributed by atoms with E-state index in [2.05, 4.69) is 34.2 Å². The Labute approximate surface area is 278 Å². The molecule has 0 amide bonds. The number of pyridine rings is 2. The van der Waals surface area contributed by atoms with E-state index in [0.29, 0.717) is 28.3 Å². The van der Waals surface area contributed by atoms with Gasteiger partial charge in [-0.25, -0.2) is 0 Å². The van der Waals surface area contributed by atoms with Gasteiger partial charge in [0.1, 0.15) is 11.5 Å². The monoisotopic (exact) mass is 753 g/mol. The second-order valence-electron chi connectivity index (χ2n) is 10.6. The summed E-state index contributed by atoms with van der Waals surface area (Å²) in [5.41, 5.74) is 6.59. The fraction of sp³-hybridized carbons (Fsp3) is 0.105. The first kappa shape index (κ1) is 24.9. The molecule has 0 spiro atoms. The van der Waals surface area contributed by atoms with Gasteiger partial charge in [-0.1, -0.05) is 79.5 Å². The number of rotatable bonds is 3. The van der Waals surface area contributed by atoms with Gasteiger partial charge < -0.3 is 19.4 Å². The summed E-state index contributed by atoms with van der Waals surface area (Å²) in [6, 6.07) is 39.5. The molecular weight excluding hydrogens is 719 g/mol. The Morgan fingerprint density at radius 1 is 0.795 bits per heavy atom. The van der Waals surface area contributed by atoms with Crippen LogP contribution >= 0.6 is 0 Å². The average Bonchev–Trinajstić information content (AvgIpc) is 3.08. The molecule has 44 heavy (non-hydrogen) atoms. The molecular formula is C38H29BIrN2O2-2. The smallest absolute Gasteiger partial charge is 0.239 e. The van der Waals surface area contributed by atoms with E-state index in [1.807, 2.05) is 78.9 Å². The number of nitrogens with zero attached hydrogens (tertiary/aromatic N) is 2. The summed E-state index contributed by atoms with van der Waals surface area (Å²) in [5.74, 6) is 1.66. The van der Waals surface area contributed by atoms with E-state index in [-0.39, 0.29) is 32.4 Å². The molecule has 0 aliphatic carbocycles. The van der Waals surface area contributed by atoms with Crippen LogP contribution in [0.4, 0.5) is 0 Å². The van der Waals surface area contributed by atoms with Crippen molar-refractivity contribution in [2.45, 2.75) is 26.6 Å². The number of ether oxygens (including phenoxy) is 2. The van der Waals surface area contributed by atoms with Gasteiger partial charge in [0.25, 0.3) is 0 Å². The Balaban J connectivity index is 0.000000260. The molecule has 4 heterocycles. The van der Waals surface area contributed by atoms with Gasteiger partial charge in [-0.3, -0.25) is 0 Å². The molecule has 2 aliphatic rings. The van der Waals surface area contributed by atoms with Crippen molar-refractivity contribution in [2.75, 3.05) is 0 Å². The van der Waals surface area contributed by atoms with Crippen LogP contribution < -0.4 is 25.9 Å². The Morgan fingerprint density at radius 2 is 1.52 bits per heavy atom. The van der Waals surface area contributed by atoms with Gasteiger partial charge in [-0.2, -0.15) is 0 Å². The van der Waals surface area contributed by atoms with E-state index in [1.54, 1.807) is 32.2 Å². The van der Waals surface area contributed by atoms with Crippen LogP contribution in [0.25, 0.3) is 22.5 Å². The van der Waals surface area contributed by atoms with E-state index in [9.17, 15) is 0 Å². The minimum atomic E-state index is -2.37. The van der Waals surface area contributed by atoms with Gasteiger partial charge in [0.05, 0.1) is 0 Å². The van der Waals surface area contributed by atoms with Crippen molar-refractivity contribution >= 4 is 23.1 Å². The first-order chi connectivity index (χ1) is 22.6. The zero-order valence-corrected chi connectivity index (χ0v) is 26.5. The zero-order valence-electron chi connectivity index (χ0n) is 28.1. The molecule has 6 heteroatoms. The summed E-state index contributed by atoms with van der Waals surface area (Å²) in [6.07, 6.45) is 3.14. The van der Waals surface area contributed by atoms with E-state index < -0.39 is 12.7 Å². The third-order valence-electron chi connectivity index (χ3n) is 7.61. The van der Waals surface area contributed by atoms with Gasteiger partial charge in [-0.15, -0.1) is 48.0 Å². The van der Waals surface area contributed by atoms with Crippen LogP contribution in [0.15, 0.2) is 116 Å². The number of aryl methyl sites for hydroxylation is 1. The van der Waals surface area contributed by atoms with Crippen LogP contribution in [0.2, 0.25) is 0 Å². The number of fused-ring (bicyclic) bond motifs is 4. The van der Waals surface area contributed by atoms with Crippen molar-refractivity contribution in [1.82, 2.24) is 9.97 Å². The standard InChI is InChI=1S/C27H21BNO2.C11H8N.Ir/c1-16(2)19-14-22(29-15-17(19)3)18-12-13-25-26-27(18)31-24-11-7-5-9-21(24)28(26)20-8-4-6-10-23(20)30-25;1-2-6-10(7-3-1)11-8-4-5-9-12-11;/h4-11,13-16H,1-3H3;1-6,8-9H;/q2*-1;/i3D3,16D;;. The van der Waals surface area contributed by atoms with Gasteiger partial charge >= 0.3 is 0 Å². The SMILES string of the molecule is [2H]C([2H])([2H])c1cnc(-c2[c-]cc3c4c2Oc2ccccc2B4c2ccccc2O3)cc1C([2H])(C)C.[Ir].[c-]1ccccc1-c1ccccn1. The van der Waals surface area contributed by atoms with Crippen LogP contribution in [0.5, 0.6) is 23.0 Å². The van der Waals surface area contributed by atoms with Gasteiger partial charge in [0, 0.05) is 49.5 Å². The summed E-state index contributed by atoms with van der Waals surface area (Å²) in [4.78, 5) is 8.72. The Kier molecular flexibility index (Phi) is 7.14. The average molecular weight is 753 g/mol. The molecule has 8 rings (SSSR count). The maximum absolute atomic E-state index is 8.58. The Morgan fingerprint density at radius 3 is 2.20 bits per heavy atom. The number of hydrogen-bond donors (Lipinski definition) is 0. The normalized spacial score (nSPS) is 13.7. The number of hydrogen-bond acceptors (Lipinski definition) is 4. The van der Waals surface area contributed by atoms with Gasteiger partial charge in [0.2, 0.25) is 6.71 Å². The number of para-hydroxylation sites is 2. The van der Waals surface area contributed by atoms with Crippen LogP contribution in [0.3, 0.4) is 0 Å². The molecule has 217 valence electrons. The number of benzene rings is 4. The molecule has 0 N–H and O–H groups in total. The molecule has 0 fully saturated rings. The molecule has 0 unspecified atom stereocenters. The van der Waals surface area contributed by atoms with Crippen LogP contribution in [-0.2, 0) is 20.1 Å². The first-order valence-electron chi connectivity index (χ1n) is 16.1. The molecule has 0 atom stereocenters. The molecule has 0 saturated heterocycles. The summed E-state index contributed by atoms with van der Waals surface area (Å²) < 4.78 is 45.0. The van der Waals surface area contributed by atoms with Crippen LogP contribution in [0.1, 0.15) is 36.4 Å². The fourth-order valence-corrected chi connectivity index (χ4v) is 5.59. The molecule has 4 nitrogen and oxygen atoms in total. The Bertz CT molecular complexity index is 2040. The second kappa shape index (κ2) is 12.6. The van der Waals surface area contributed by atoms with E-state index in [1.165, 1.54) is 6.20 Å². The Hall–Kier alpha value is -4.51. The molecule has 4 aromatic carbocycles. The molecule has 0 bridgehead atoms. The zero-order chi connectivity index (χ0) is 32.8.